The lowest BCUT2D eigenvalue weighted by molar-refractivity contribution is 0.123. The van der Waals surface area contributed by atoms with Crippen molar-refractivity contribution < 1.29 is 5.11 Å². The van der Waals surface area contributed by atoms with E-state index in [0.717, 1.165) is 31.7 Å². The lowest BCUT2D eigenvalue weighted by Gasteiger charge is -2.39. The molecule has 0 aromatic heterocycles. The third kappa shape index (κ3) is 2.90. The SMILES string of the molecule is N#Cc1cccc([C@H](C2CCCC2)N2CCNCC2)c1O. The number of benzene rings is 1. The quantitative estimate of drug-likeness (QED) is 0.895. The smallest absolute Gasteiger partial charge is 0.138 e. The fourth-order valence-electron chi connectivity index (χ4n) is 3.87. The second kappa shape index (κ2) is 6.46. The van der Waals surface area contributed by atoms with Crippen LogP contribution < -0.4 is 5.32 Å². The van der Waals surface area contributed by atoms with Gasteiger partial charge in [-0.25, -0.2) is 0 Å². The third-order valence-electron chi connectivity index (χ3n) is 4.90. The molecule has 0 unspecified atom stereocenters. The number of phenolic OH excluding ortho intramolecular Hbond substituents is 1. The summed E-state index contributed by atoms with van der Waals surface area (Å²) >= 11 is 0. The van der Waals surface area contributed by atoms with Crippen LogP contribution in [0.4, 0.5) is 0 Å². The Morgan fingerprint density at radius 3 is 2.62 bits per heavy atom. The molecule has 0 radical (unpaired) electrons. The molecule has 1 aromatic carbocycles. The van der Waals surface area contributed by atoms with Crippen molar-refractivity contribution in [2.75, 3.05) is 26.2 Å². The highest BCUT2D eigenvalue weighted by atomic mass is 16.3. The van der Waals surface area contributed by atoms with E-state index in [2.05, 4.69) is 16.3 Å². The van der Waals surface area contributed by atoms with Crippen molar-refractivity contribution in [1.82, 2.24) is 10.2 Å². The van der Waals surface area contributed by atoms with Crippen LogP contribution in [0.5, 0.6) is 5.75 Å². The molecule has 1 saturated heterocycles. The Bertz CT molecular complexity index is 525. The van der Waals surface area contributed by atoms with Crippen LogP contribution in [0.3, 0.4) is 0 Å². The van der Waals surface area contributed by atoms with E-state index in [1.165, 1.54) is 25.7 Å². The highest BCUT2D eigenvalue weighted by molar-refractivity contribution is 5.49. The number of rotatable bonds is 3. The number of nitriles is 1. The minimum Gasteiger partial charge on any atom is -0.506 e. The summed E-state index contributed by atoms with van der Waals surface area (Å²) in [7, 11) is 0. The number of nitrogens with zero attached hydrogens (tertiary/aromatic N) is 2. The van der Waals surface area contributed by atoms with Crippen molar-refractivity contribution in [2.24, 2.45) is 5.92 Å². The first-order chi connectivity index (χ1) is 10.3. The van der Waals surface area contributed by atoms with Crippen molar-refractivity contribution in [3.05, 3.63) is 29.3 Å². The molecule has 1 aliphatic carbocycles. The summed E-state index contributed by atoms with van der Waals surface area (Å²) in [5, 5.41) is 23.0. The van der Waals surface area contributed by atoms with E-state index in [1.54, 1.807) is 6.07 Å². The van der Waals surface area contributed by atoms with Crippen LogP contribution in [-0.4, -0.2) is 36.2 Å². The number of hydrogen-bond acceptors (Lipinski definition) is 4. The van der Waals surface area contributed by atoms with Crippen molar-refractivity contribution in [2.45, 2.75) is 31.7 Å². The van der Waals surface area contributed by atoms with Gasteiger partial charge in [-0.15, -0.1) is 0 Å². The summed E-state index contributed by atoms with van der Waals surface area (Å²) in [4.78, 5) is 2.49. The number of phenols is 1. The van der Waals surface area contributed by atoms with Crippen molar-refractivity contribution in [3.63, 3.8) is 0 Å². The van der Waals surface area contributed by atoms with E-state index in [4.69, 9.17) is 5.26 Å². The van der Waals surface area contributed by atoms with Crippen LogP contribution in [0.2, 0.25) is 0 Å². The molecule has 1 heterocycles. The first-order valence-electron chi connectivity index (χ1n) is 7.98. The Kier molecular flexibility index (Phi) is 4.42. The minimum atomic E-state index is 0.190. The number of aromatic hydroxyl groups is 1. The van der Waals surface area contributed by atoms with Crippen LogP contribution in [-0.2, 0) is 0 Å². The van der Waals surface area contributed by atoms with E-state index in [9.17, 15) is 5.11 Å². The summed E-state index contributed by atoms with van der Waals surface area (Å²) in [6, 6.07) is 7.95. The van der Waals surface area contributed by atoms with E-state index in [0.29, 0.717) is 11.5 Å². The molecule has 2 aliphatic rings. The van der Waals surface area contributed by atoms with Gasteiger partial charge in [0.1, 0.15) is 11.8 Å². The lowest BCUT2D eigenvalue weighted by atomic mass is 9.88. The molecule has 2 N–H and O–H groups in total. The van der Waals surface area contributed by atoms with Gasteiger partial charge in [0.15, 0.2) is 0 Å². The molecule has 1 atom stereocenters. The number of piperazine rings is 1. The predicted molar refractivity (Wildman–Crippen MR) is 82.0 cm³/mol. The Balaban J connectivity index is 1.96. The summed E-state index contributed by atoms with van der Waals surface area (Å²) < 4.78 is 0. The molecular weight excluding hydrogens is 262 g/mol. The van der Waals surface area contributed by atoms with Gasteiger partial charge in [-0.05, 0) is 24.8 Å². The van der Waals surface area contributed by atoms with Crippen LogP contribution in [0.1, 0.15) is 42.9 Å². The molecule has 4 nitrogen and oxygen atoms in total. The van der Waals surface area contributed by atoms with Crippen molar-refractivity contribution in [3.8, 4) is 11.8 Å². The average Bonchev–Trinajstić information content (AvgIpc) is 3.04. The van der Waals surface area contributed by atoms with Gasteiger partial charge < -0.3 is 10.4 Å². The largest absolute Gasteiger partial charge is 0.506 e. The number of hydrogen-bond donors (Lipinski definition) is 2. The fraction of sp³-hybridized carbons (Fsp3) is 0.588. The van der Waals surface area contributed by atoms with Gasteiger partial charge in [0, 0.05) is 37.8 Å². The number of para-hydroxylation sites is 1. The van der Waals surface area contributed by atoms with Gasteiger partial charge in [0.25, 0.3) is 0 Å². The second-order valence-electron chi connectivity index (χ2n) is 6.13. The van der Waals surface area contributed by atoms with Gasteiger partial charge in [0.2, 0.25) is 0 Å². The van der Waals surface area contributed by atoms with Gasteiger partial charge >= 0.3 is 0 Å². The molecule has 3 rings (SSSR count). The topological polar surface area (TPSA) is 59.3 Å². The molecule has 112 valence electrons. The molecule has 0 spiro atoms. The zero-order valence-corrected chi connectivity index (χ0v) is 12.4. The van der Waals surface area contributed by atoms with Gasteiger partial charge in [0.05, 0.1) is 5.56 Å². The first-order valence-corrected chi connectivity index (χ1v) is 7.98. The Hall–Kier alpha value is -1.57. The molecule has 1 aromatic rings. The Labute approximate surface area is 126 Å². The van der Waals surface area contributed by atoms with E-state index in [1.807, 2.05) is 12.1 Å². The molecule has 2 fully saturated rings. The summed E-state index contributed by atoms with van der Waals surface area (Å²) in [5.74, 6) is 0.790. The van der Waals surface area contributed by atoms with Crippen molar-refractivity contribution in [1.29, 1.82) is 5.26 Å². The molecule has 21 heavy (non-hydrogen) atoms. The van der Waals surface area contributed by atoms with Crippen LogP contribution >= 0.6 is 0 Å². The van der Waals surface area contributed by atoms with Crippen LogP contribution in [0.25, 0.3) is 0 Å². The maximum atomic E-state index is 10.5. The second-order valence-corrected chi connectivity index (χ2v) is 6.13. The minimum absolute atomic E-state index is 0.190. The summed E-state index contributed by atoms with van der Waals surface area (Å²) in [5.41, 5.74) is 1.34. The highest BCUT2D eigenvalue weighted by Gasteiger charge is 2.33. The molecule has 0 bridgehead atoms. The highest BCUT2D eigenvalue weighted by Crippen LogP contribution is 2.43. The summed E-state index contributed by atoms with van der Waals surface area (Å²) in [6.45, 7) is 4.03. The average molecular weight is 285 g/mol. The first kappa shape index (κ1) is 14.4. The molecule has 0 amide bonds. The Morgan fingerprint density at radius 2 is 1.95 bits per heavy atom. The summed E-state index contributed by atoms with van der Waals surface area (Å²) in [6.07, 6.45) is 5.02. The molecule has 1 saturated carbocycles. The zero-order chi connectivity index (χ0) is 14.7. The normalized spacial score (nSPS) is 22.0. The Morgan fingerprint density at radius 1 is 1.24 bits per heavy atom. The standard InChI is InChI=1S/C17H23N3O/c18-12-14-6-3-7-15(17(14)21)16(13-4-1-2-5-13)20-10-8-19-9-11-20/h3,6-7,13,16,19,21H,1-2,4-5,8-11H2/t16-/m0/s1. The maximum absolute atomic E-state index is 10.5. The third-order valence-corrected chi connectivity index (χ3v) is 4.90. The van der Waals surface area contributed by atoms with Gasteiger partial charge in [-0.1, -0.05) is 25.0 Å². The van der Waals surface area contributed by atoms with Gasteiger partial charge in [-0.3, -0.25) is 4.90 Å². The molecule has 4 heteroatoms. The monoisotopic (exact) mass is 285 g/mol. The molecular formula is C17H23N3O. The fourth-order valence-corrected chi connectivity index (χ4v) is 3.87. The van der Waals surface area contributed by atoms with E-state index >= 15 is 0 Å². The van der Waals surface area contributed by atoms with E-state index < -0.39 is 0 Å². The molecule has 1 aliphatic heterocycles. The lowest BCUT2D eigenvalue weighted by Crippen LogP contribution is -2.46. The zero-order valence-electron chi connectivity index (χ0n) is 12.4. The maximum Gasteiger partial charge on any atom is 0.138 e. The van der Waals surface area contributed by atoms with Crippen molar-refractivity contribution >= 4 is 0 Å². The van der Waals surface area contributed by atoms with Crippen LogP contribution in [0.15, 0.2) is 18.2 Å². The number of nitrogens with one attached hydrogen (secondary N) is 1. The van der Waals surface area contributed by atoms with E-state index in [-0.39, 0.29) is 11.8 Å². The van der Waals surface area contributed by atoms with Crippen LogP contribution in [0, 0.1) is 17.2 Å². The predicted octanol–water partition coefficient (Wildman–Crippen LogP) is 2.40. The van der Waals surface area contributed by atoms with Gasteiger partial charge in [-0.2, -0.15) is 5.26 Å².